The molecule has 0 spiro atoms. The van der Waals surface area contributed by atoms with Gasteiger partial charge >= 0.3 is 5.97 Å². The minimum absolute atomic E-state index is 0.0727. The fourth-order valence-electron chi connectivity index (χ4n) is 1.99. The van der Waals surface area contributed by atoms with E-state index in [1.807, 2.05) is 0 Å². The monoisotopic (exact) mass is 353 g/mol. The van der Waals surface area contributed by atoms with Gasteiger partial charge < -0.3 is 14.6 Å². The van der Waals surface area contributed by atoms with Crippen LogP contribution in [0.4, 0.5) is 0 Å². The third-order valence-electron chi connectivity index (χ3n) is 3.13. The molecule has 0 aliphatic carbocycles. The lowest BCUT2D eigenvalue weighted by Gasteiger charge is -2.12. The standard InChI is InChI=1S/C15H15NO5S2/c1-20-10-4-3-9(7-11(10)21-2)8-12-14(19)16(15(22)23-12)6-5-13(17)18/h3-4,7-8H,5-6H2,1-2H3,(H,17,18). The maximum atomic E-state index is 12.3. The van der Waals surface area contributed by atoms with Gasteiger partial charge in [0.05, 0.1) is 25.5 Å². The van der Waals surface area contributed by atoms with Gasteiger partial charge in [0.1, 0.15) is 4.32 Å². The molecule has 1 aromatic rings. The lowest BCUT2D eigenvalue weighted by molar-refractivity contribution is -0.137. The molecule has 1 amide bonds. The number of carbonyl (C=O) groups excluding carboxylic acids is 1. The van der Waals surface area contributed by atoms with Crippen LogP contribution in [-0.4, -0.2) is 47.0 Å². The van der Waals surface area contributed by atoms with Crippen LogP contribution in [0, 0.1) is 0 Å². The van der Waals surface area contributed by atoms with Crippen molar-refractivity contribution in [3.05, 3.63) is 28.7 Å². The molecule has 2 rings (SSSR count). The maximum Gasteiger partial charge on any atom is 0.305 e. The first-order valence-corrected chi connectivity index (χ1v) is 7.88. The molecule has 1 fully saturated rings. The van der Waals surface area contributed by atoms with Crippen LogP contribution in [0.5, 0.6) is 11.5 Å². The topological polar surface area (TPSA) is 76.1 Å². The Hall–Kier alpha value is -2.06. The number of hydrogen-bond acceptors (Lipinski definition) is 6. The summed E-state index contributed by atoms with van der Waals surface area (Å²) in [6.07, 6.45) is 1.55. The van der Waals surface area contributed by atoms with E-state index in [9.17, 15) is 9.59 Å². The Labute approximate surface area is 143 Å². The maximum absolute atomic E-state index is 12.3. The van der Waals surface area contributed by atoms with Gasteiger partial charge in [-0.25, -0.2) is 0 Å². The number of carboxylic acids is 1. The number of thioether (sulfide) groups is 1. The van der Waals surface area contributed by atoms with Crippen molar-refractivity contribution in [1.29, 1.82) is 0 Å². The van der Waals surface area contributed by atoms with Gasteiger partial charge in [-0.1, -0.05) is 30.0 Å². The van der Waals surface area contributed by atoms with E-state index in [1.54, 1.807) is 31.4 Å². The van der Waals surface area contributed by atoms with Gasteiger partial charge in [-0.2, -0.15) is 0 Å². The number of amides is 1. The fraction of sp³-hybridized carbons (Fsp3) is 0.267. The summed E-state index contributed by atoms with van der Waals surface area (Å²) < 4.78 is 10.8. The van der Waals surface area contributed by atoms with Crippen molar-refractivity contribution in [2.75, 3.05) is 20.8 Å². The van der Waals surface area contributed by atoms with Crippen molar-refractivity contribution in [3.63, 3.8) is 0 Å². The Morgan fingerprint density at radius 1 is 1.35 bits per heavy atom. The molecular formula is C15H15NO5S2. The SMILES string of the molecule is COc1ccc(C=C2SC(=S)N(CCC(=O)O)C2=O)cc1OC. The highest BCUT2D eigenvalue weighted by Crippen LogP contribution is 2.34. The molecule has 0 radical (unpaired) electrons. The summed E-state index contributed by atoms with van der Waals surface area (Å²) in [5, 5.41) is 8.73. The molecular weight excluding hydrogens is 338 g/mol. The summed E-state index contributed by atoms with van der Waals surface area (Å²) in [5.41, 5.74) is 0.765. The number of aliphatic carboxylic acids is 1. The third-order valence-corrected chi connectivity index (χ3v) is 4.51. The minimum atomic E-state index is -0.970. The molecule has 23 heavy (non-hydrogen) atoms. The van der Waals surface area contributed by atoms with Crippen molar-refractivity contribution >= 4 is 46.3 Å². The van der Waals surface area contributed by atoms with Crippen LogP contribution >= 0.6 is 24.0 Å². The first-order valence-electron chi connectivity index (χ1n) is 6.65. The lowest BCUT2D eigenvalue weighted by atomic mass is 10.2. The van der Waals surface area contributed by atoms with Crippen molar-refractivity contribution < 1.29 is 24.2 Å². The number of ether oxygens (including phenoxy) is 2. The highest BCUT2D eigenvalue weighted by atomic mass is 32.2. The van der Waals surface area contributed by atoms with Crippen LogP contribution in [-0.2, 0) is 9.59 Å². The first kappa shape index (κ1) is 17.3. The molecule has 0 atom stereocenters. The van der Waals surface area contributed by atoms with Gasteiger partial charge in [0.2, 0.25) is 0 Å². The molecule has 0 unspecified atom stereocenters. The number of carbonyl (C=O) groups is 2. The van der Waals surface area contributed by atoms with E-state index >= 15 is 0 Å². The third kappa shape index (κ3) is 4.02. The zero-order valence-electron chi connectivity index (χ0n) is 12.6. The number of methoxy groups -OCH3 is 2. The zero-order valence-corrected chi connectivity index (χ0v) is 14.2. The number of carboxylic acid groups (broad SMARTS) is 1. The number of hydrogen-bond donors (Lipinski definition) is 1. The molecule has 1 aliphatic rings. The largest absolute Gasteiger partial charge is 0.493 e. The minimum Gasteiger partial charge on any atom is -0.493 e. The normalized spacial score (nSPS) is 16.1. The van der Waals surface area contributed by atoms with Gasteiger partial charge in [-0.3, -0.25) is 14.5 Å². The van der Waals surface area contributed by atoms with Crippen molar-refractivity contribution in [2.45, 2.75) is 6.42 Å². The second kappa shape index (κ2) is 7.47. The molecule has 0 bridgehead atoms. The summed E-state index contributed by atoms with van der Waals surface area (Å²) in [6.45, 7) is 0.0727. The quantitative estimate of drug-likeness (QED) is 0.621. The molecule has 1 aliphatic heterocycles. The molecule has 8 heteroatoms. The summed E-state index contributed by atoms with van der Waals surface area (Å²) >= 11 is 6.30. The Morgan fingerprint density at radius 2 is 2.04 bits per heavy atom. The van der Waals surface area contributed by atoms with E-state index in [4.69, 9.17) is 26.8 Å². The van der Waals surface area contributed by atoms with Crippen molar-refractivity contribution in [2.24, 2.45) is 0 Å². The van der Waals surface area contributed by atoms with Crippen LogP contribution < -0.4 is 9.47 Å². The average molecular weight is 353 g/mol. The van der Waals surface area contributed by atoms with E-state index < -0.39 is 5.97 Å². The second-order valence-corrected chi connectivity index (χ2v) is 6.27. The molecule has 6 nitrogen and oxygen atoms in total. The van der Waals surface area contributed by atoms with Crippen LogP contribution in [0.3, 0.4) is 0 Å². The fourth-order valence-corrected chi connectivity index (χ4v) is 3.30. The van der Waals surface area contributed by atoms with Gasteiger partial charge in [0.15, 0.2) is 11.5 Å². The molecule has 1 heterocycles. The van der Waals surface area contributed by atoms with Gasteiger partial charge in [0, 0.05) is 6.54 Å². The predicted octanol–water partition coefficient (Wildman–Crippen LogP) is 2.38. The summed E-state index contributed by atoms with van der Waals surface area (Å²) in [7, 11) is 3.08. The highest BCUT2D eigenvalue weighted by molar-refractivity contribution is 8.26. The first-order chi connectivity index (χ1) is 11.0. The zero-order chi connectivity index (χ0) is 17.0. The number of rotatable bonds is 6. The summed E-state index contributed by atoms with van der Waals surface area (Å²) in [4.78, 5) is 24.7. The summed E-state index contributed by atoms with van der Waals surface area (Å²) in [5.74, 6) is -0.0970. The van der Waals surface area contributed by atoms with Crippen LogP contribution in [0.1, 0.15) is 12.0 Å². The summed E-state index contributed by atoms with van der Waals surface area (Å²) in [6, 6.07) is 5.30. The van der Waals surface area contributed by atoms with Gasteiger partial charge in [-0.15, -0.1) is 0 Å². The average Bonchev–Trinajstić information content (AvgIpc) is 2.79. The molecule has 0 saturated carbocycles. The van der Waals surface area contributed by atoms with E-state index in [0.29, 0.717) is 20.7 Å². The second-order valence-electron chi connectivity index (χ2n) is 4.59. The molecule has 1 saturated heterocycles. The number of nitrogens with zero attached hydrogens (tertiary/aromatic N) is 1. The Morgan fingerprint density at radius 3 is 2.65 bits per heavy atom. The molecule has 1 aromatic carbocycles. The highest BCUT2D eigenvalue weighted by Gasteiger charge is 2.32. The van der Waals surface area contributed by atoms with Gasteiger partial charge in [-0.05, 0) is 23.8 Å². The predicted molar refractivity (Wildman–Crippen MR) is 91.7 cm³/mol. The van der Waals surface area contributed by atoms with Crippen LogP contribution in [0.15, 0.2) is 23.1 Å². The van der Waals surface area contributed by atoms with Crippen LogP contribution in [0.25, 0.3) is 6.08 Å². The molecule has 1 N–H and O–H groups in total. The van der Waals surface area contributed by atoms with Crippen molar-refractivity contribution in [3.8, 4) is 11.5 Å². The van der Waals surface area contributed by atoms with Crippen molar-refractivity contribution in [1.82, 2.24) is 4.90 Å². The Bertz CT molecular complexity index is 686. The lowest BCUT2D eigenvalue weighted by Crippen LogP contribution is -2.30. The van der Waals surface area contributed by atoms with Crippen LogP contribution in [0.2, 0.25) is 0 Å². The number of thiocarbonyl (C=S) groups is 1. The molecule has 0 aromatic heterocycles. The smallest absolute Gasteiger partial charge is 0.305 e. The Kier molecular flexibility index (Phi) is 5.62. The van der Waals surface area contributed by atoms with E-state index in [1.165, 1.54) is 12.0 Å². The van der Waals surface area contributed by atoms with E-state index in [-0.39, 0.29) is 18.9 Å². The molecule has 122 valence electrons. The van der Waals surface area contributed by atoms with E-state index in [2.05, 4.69) is 0 Å². The van der Waals surface area contributed by atoms with E-state index in [0.717, 1.165) is 17.3 Å². The Balaban J connectivity index is 2.21. The number of benzene rings is 1. The van der Waals surface area contributed by atoms with Gasteiger partial charge in [0.25, 0.3) is 5.91 Å².